The van der Waals surface area contributed by atoms with Gasteiger partial charge in [-0.3, -0.25) is 0 Å². The van der Waals surface area contributed by atoms with Crippen molar-refractivity contribution >= 4 is 17.3 Å². The number of aromatic nitrogens is 1. The first-order chi connectivity index (χ1) is 10.3. The minimum Gasteiger partial charge on any atom is -0.384 e. The van der Waals surface area contributed by atoms with Gasteiger partial charge < -0.3 is 15.4 Å². The smallest absolute Gasteiger partial charge is 0.132 e. The summed E-state index contributed by atoms with van der Waals surface area (Å²) in [6.07, 6.45) is 1.96. The normalized spacial score (nSPS) is 10.4. The lowest BCUT2D eigenvalue weighted by molar-refractivity contribution is 0.202. The molecule has 0 amide bonds. The van der Waals surface area contributed by atoms with Crippen LogP contribution < -0.4 is 10.6 Å². The first-order valence-electron chi connectivity index (χ1n) is 7.38. The molecule has 0 saturated heterocycles. The number of para-hydroxylation sites is 1. The average molecular weight is 285 g/mol. The summed E-state index contributed by atoms with van der Waals surface area (Å²) in [4.78, 5) is 4.57. The summed E-state index contributed by atoms with van der Waals surface area (Å²) in [6.45, 7) is 3.78. The molecule has 112 valence electrons. The maximum absolute atomic E-state index is 5.16. The maximum Gasteiger partial charge on any atom is 0.132 e. The van der Waals surface area contributed by atoms with Crippen molar-refractivity contribution in [2.24, 2.45) is 0 Å². The van der Waals surface area contributed by atoms with Crippen LogP contribution in [0.5, 0.6) is 0 Å². The quantitative estimate of drug-likeness (QED) is 0.773. The van der Waals surface area contributed by atoms with E-state index in [1.54, 1.807) is 7.11 Å². The molecule has 4 nitrogen and oxygen atoms in total. The first kappa shape index (κ1) is 15.3. The second kappa shape index (κ2) is 8.27. The van der Waals surface area contributed by atoms with Gasteiger partial charge in [-0.15, -0.1) is 0 Å². The van der Waals surface area contributed by atoms with Crippen molar-refractivity contribution in [1.29, 1.82) is 0 Å². The molecule has 2 N–H and O–H groups in total. The van der Waals surface area contributed by atoms with Crippen LogP contribution in [0, 0.1) is 0 Å². The number of nitrogens with one attached hydrogen (secondary N) is 2. The predicted octanol–water partition coefficient (Wildman–Crippen LogP) is 3.84. The zero-order chi connectivity index (χ0) is 14.9. The minimum atomic E-state index is 0.713. The van der Waals surface area contributed by atoms with Crippen molar-refractivity contribution < 1.29 is 4.74 Å². The van der Waals surface area contributed by atoms with Gasteiger partial charge in [0.25, 0.3) is 0 Å². The van der Waals surface area contributed by atoms with Gasteiger partial charge in [0.2, 0.25) is 0 Å². The number of nitrogens with zero attached hydrogens (tertiary/aromatic N) is 1. The Labute approximate surface area is 126 Å². The molecular formula is C17H23N3O. The monoisotopic (exact) mass is 285 g/mol. The van der Waals surface area contributed by atoms with E-state index in [4.69, 9.17) is 4.74 Å². The van der Waals surface area contributed by atoms with E-state index in [2.05, 4.69) is 34.7 Å². The Hall–Kier alpha value is -2.07. The molecule has 0 aliphatic carbocycles. The number of pyridine rings is 1. The molecule has 2 rings (SSSR count). The molecule has 0 bridgehead atoms. The molecule has 2 aromatic rings. The summed E-state index contributed by atoms with van der Waals surface area (Å²) < 4.78 is 5.16. The van der Waals surface area contributed by atoms with Crippen molar-refractivity contribution in [1.82, 2.24) is 4.98 Å². The number of rotatable bonds is 8. The standard InChI is InChI=1S/C17H23N3O/c1-3-12-18-16-9-6-10-17(20-16)19-15-8-5-4-7-14(15)11-13-21-2/h4-10H,3,11-13H2,1-2H3,(H2,18,19,20). The van der Waals surface area contributed by atoms with E-state index in [1.807, 2.05) is 30.3 Å². The molecule has 0 spiro atoms. The van der Waals surface area contributed by atoms with Crippen LogP contribution in [-0.4, -0.2) is 25.2 Å². The van der Waals surface area contributed by atoms with Gasteiger partial charge >= 0.3 is 0 Å². The molecule has 0 saturated carbocycles. The molecule has 1 aromatic carbocycles. The van der Waals surface area contributed by atoms with Crippen molar-refractivity contribution in [2.75, 3.05) is 30.9 Å². The SMILES string of the molecule is CCCNc1cccc(Nc2ccccc2CCOC)n1. The van der Waals surface area contributed by atoms with E-state index < -0.39 is 0 Å². The number of anilines is 3. The molecule has 4 heteroatoms. The second-order valence-electron chi connectivity index (χ2n) is 4.86. The molecule has 0 unspecified atom stereocenters. The fourth-order valence-electron chi connectivity index (χ4n) is 2.07. The summed E-state index contributed by atoms with van der Waals surface area (Å²) in [5.41, 5.74) is 2.31. The molecule has 0 atom stereocenters. The molecule has 1 aromatic heterocycles. The Bertz CT molecular complexity index is 557. The Morgan fingerprint density at radius 1 is 1.05 bits per heavy atom. The van der Waals surface area contributed by atoms with Crippen LogP contribution in [-0.2, 0) is 11.2 Å². The van der Waals surface area contributed by atoms with Crippen LogP contribution in [0.2, 0.25) is 0 Å². The fraction of sp³-hybridized carbons (Fsp3) is 0.353. The Morgan fingerprint density at radius 2 is 1.86 bits per heavy atom. The third kappa shape index (κ3) is 4.76. The fourth-order valence-corrected chi connectivity index (χ4v) is 2.07. The van der Waals surface area contributed by atoms with Gasteiger partial charge in [0, 0.05) is 19.3 Å². The highest BCUT2D eigenvalue weighted by Crippen LogP contribution is 2.21. The number of benzene rings is 1. The summed E-state index contributed by atoms with van der Waals surface area (Å²) in [5, 5.41) is 6.69. The summed E-state index contributed by atoms with van der Waals surface area (Å²) in [7, 11) is 1.72. The number of hydrogen-bond acceptors (Lipinski definition) is 4. The van der Waals surface area contributed by atoms with Crippen LogP contribution in [0.1, 0.15) is 18.9 Å². The number of ether oxygens (including phenoxy) is 1. The second-order valence-corrected chi connectivity index (χ2v) is 4.86. The zero-order valence-electron chi connectivity index (χ0n) is 12.7. The van der Waals surface area contributed by atoms with Gasteiger partial charge in [-0.2, -0.15) is 0 Å². The van der Waals surface area contributed by atoms with Gasteiger partial charge in [0.05, 0.1) is 6.61 Å². The third-order valence-electron chi connectivity index (χ3n) is 3.16. The highest BCUT2D eigenvalue weighted by molar-refractivity contribution is 5.61. The largest absolute Gasteiger partial charge is 0.384 e. The van der Waals surface area contributed by atoms with E-state index in [0.29, 0.717) is 6.61 Å². The van der Waals surface area contributed by atoms with Crippen LogP contribution in [0.3, 0.4) is 0 Å². The molecule has 21 heavy (non-hydrogen) atoms. The highest BCUT2D eigenvalue weighted by Gasteiger charge is 2.03. The highest BCUT2D eigenvalue weighted by atomic mass is 16.5. The Morgan fingerprint density at radius 3 is 2.67 bits per heavy atom. The lowest BCUT2D eigenvalue weighted by atomic mass is 10.1. The van der Waals surface area contributed by atoms with Crippen LogP contribution in [0.15, 0.2) is 42.5 Å². The van der Waals surface area contributed by atoms with Gasteiger partial charge in [0.1, 0.15) is 11.6 Å². The lowest BCUT2D eigenvalue weighted by Crippen LogP contribution is -2.04. The van der Waals surface area contributed by atoms with Gasteiger partial charge in [-0.25, -0.2) is 4.98 Å². The molecule has 1 heterocycles. The van der Waals surface area contributed by atoms with Crippen molar-refractivity contribution in [3.63, 3.8) is 0 Å². The average Bonchev–Trinajstić information content (AvgIpc) is 2.52. The van der Waals surface area contributed by atoms with E-state index in [-0.39, 0.29) is 0 Å². The van der Waals surface area contributed by atoms with Crippen molar-refractivity contribution in [3.05, 3.63) is 48.0 Å². The predicted molar refractivity (Wildman–Crippen MR) is 88.3 cm³/mol. The summed E-state index contributed by atoms with van der Waals surface area (Å²) in [6, 6.07) is 14.2. The number of hydrogen-bond donors (Lipinski definition) is 2. The molecule has 0 radical (unpaired) electrons. The van der Waals surface area contributed by atoms with Gasteiger partial charge in [-0.1, -0.05) is 31.2 Å². The number of methoxy groups -OCH3 is 1. The summed E-state index contributed by atoms with van der Waals surface area (Å²) in [5.74, 6) is 1.75. The van der Waals surface area contributed by atoms with E-state index in [9.17, 15) is 0 Å². The molecule has 0 aliphatic rings. The Kier molecular flexibility index (Phi) is 6.03. The Balaban J connectivity index is 2.10. The third-order valence-corrected chi connectivity index (χ3v) is 3.16. The van der Waals surface area contributed by atoms with Crippen molar-refractivity contribution in [2.45, 2.75) is 19.8 Å². The molecular weight excluding hydrogens is 262 g/mol. The van der Waals surface area contributed by atoms with Crippen molar-refractivity contribution in [3.8, 4) is 0 Å². The van der Waals surface area contributed by atoms with Gasteiger partial charge in [0.15, 0.2) is 0 Å². The van der Waals surface area contributed by atoms with E-state index >= 15 is 0 Å². The maximum atomic E-state index is 5.16. The van der Waals surface area contributed by atoms with E-state index in [1.165, 1.54) is 5.56 Å². The van der Waals surface area contributed by atoms with Crippen LogP contribution in [0.4, 0.5) is 17.3 Å². The lowest BCUT2D eigenvalue weighted by Gasteiger charge is -2.12. The summed E-state index contributed by atoms with van der Waals surface area (Å²) >= 11 is 0. The zero-order valence-corrected chi connectivity index (χ0v) is 12.7. The van der Waals surface area contributed by atoms with Crippen LogP contribution in [0.25, 0.3) is 0 Å². The first-order valence-corrected chi connectivity index (χ1v) is 7.38. The minimum absolute atomic E-state index is 0.713. The molecule has 0 aliphatic heterocycles. The topological polar surface area (TPSA) is 46.2 Å². The van der Waals surface area contributed by atoms with Crippen LogP contribution >= 0.6 is 0 Å². The van der Waals surface area contributed by atoms with Gasteiger partial charge in [-0.05, 0) is 36.6 Å². The van der Waals surface area contributed by atoms with E-state index in [0.717, 1.165) is 36.7 Å². The molecule has 0 fully saturated rings.